The molecule has 0 spiro atoms. The summed E-state index contributed by atoms with van der Waals surface area (Å²) < 4.78 is 1.94. The lowest BCUT2D eigenvalue weighted by atomic mass is 10.2. The van der Waals surface area contributed by atoms with Crippen molar-refractivity contribution in [3.63, 3.8) is 0 Å². The fraction of sp³-hybridized carbons (Fsp3) is 0.421. The Balaban J connectivity index is 2.09. The molecule has 0 fully saturated rings. The van der Waals surface area contributed by atoms with Crippen LogP contribution in [0, 0.1) is 13.8 Å². The van der Waals surface area contributed by atoms with E-state index in [2.05, 4.69) is 22.7 Å². The largest absolute Gasteiger partial charge is 0.326 e. The van der Waals surface area contributed by atoms with Crippen LogP contribution in [0.2, 0.25) is 0 Å². The third-order valence-electron chi connectivity index (χ3n) is 4.10. The summed E-state index contributed by atoms with van der Waals surface area (Å²) >= 11 is 0. The van der Waals surface area contributed by atoms with E-state index >= 15 is 0 Å². The SMILES string of the molecule is CCCCn1nc(C)c(NC(=O)c2ccc(NC(=O)CC)cc2)c1C. The van der Waals surface area contributed by atoms with E-state index in [0.29, 0.717) is 17.7 Å². The number of carbonyl (C=O) groups excluding carboxylic acids is 2. The molecule has 0 aliphatic rings. The average Bonchev–Trinajstić information content (AvgIpc) is 2.87. The van der Waals surface area contributed by atoms with Crippen LogP contribution in [0.3, 0.4) is 0 Å². The highest BCUT2D eigenvalue weighted by Gasteiger charge is 2.15. The van der Waals surface area contributed by atoms with E-state index < -0.39 is 0 Å². The van der Waals surface area contributed by atoms with E-state index in [1.165, 1.54) is 0 Å². The summed E-state index contributed by atoms with van der Waals surface area (Å²) in [7, 11) is 0. The molecule has 0 aliphatic heterocycles. The second-order valence-electron chi connectivity index (χ2n) is 6.06. The van der Waals surface area contributed by atoms with Gasteiger partial charge >= 0.3 is 0 Å². The van der Waals surface area contributed by atoms with Gasteiger partial charge in [0, 0.05) is 24.2 Å². The van der Waals surface area contributed by atoms with E-state index in [1.54, 1.807) is 31.2 Å². The fourth-order valence-electron chi connectivity index (χ4n) is 2.54. The smallest absolute Gasteiger partial charge is 0.255 e. The molecule has 0 bridgehead atoms. The first kappa shape index (κ1) is 18.7. The number of hydrogen-bond donors (Lipinski definition) is 2. The molecule has 1 aromatic carbocycles. The van der Waals surface area contributed by atoms with Gasteiger partial charge in [-0.2, -0.15) is 5.10 Å². The number of nitrogens with one attached hydrogen (secondary N) is 2. The van der Waals surface area contributed by atoms with Crippen LogP contribution in [0.1, 0.15) is 54.9 Å². The molecule has 6 heteroatoms. The number of aromatic nitrogens is 2. The Morgan fingerprint density at radius 1 is 1.08 bits per heavy atom. The number of anilines is 2. The molecule has 6 nitrogen and oxygen atoms in total. The summed E-state index contributed by atoms with van der Waals surface area (Å²) in [5.74, 6) is -0.238. The zero-order valence-corrected chi connectivity index (χ0v) is 15.3. The van der Waals surface area contributed by atoms with E-state index in [9.17, 15) is 9.59 Å². The van der Waals surface area contributed by atoms with Crippen LogP contribution >= 0.6 is 0 Å². The standard InChI is InChI=1S/C19H26N4O2/c1-5-7-12-23-14(4)18(13(3)22-23)21-19(25)15-8-10-16(11-9-15)20-17(24)6-2/h8-11H,5-7,12H2,1-4H3,(H,20,24)(H,21,25). The number of benzene rings is 1. The second-order valence-corrected chi connectivity index (χ2v) is 6.06. The van der Waals surface area contributed by atoms with Gasteiger partial charge in [0.25, 0.3) is 5.91 Å². The summed E-state index contributed by atoms with van der Waals surface area (Å²) in [5, 5.41) is 10.2. The molecule has 1 aromatic heterocycles. The number of hydrogen-bond acceptors (Lipinski definition) is 3. The summed E-state index contributed by atoms with van der Waals surface area (Å²) in [6.07, 6.45) is 2.57. The summed E-state index contributed by atoms with van der Waals surface area (Å²) in [6.45, 7) is 8.65. The molecule has 0 unspecified atom stereocenters. The Morgan fingerprint density at radius 2 is 1.76 bits per heavy atom. The maximum atomic E-state index is 12.5. The van der Waals surface area contributed by atoms with Crippen LogP contribution in [0.4, 0.5) is 11.4 Å². The molecular weight excluding hydrogens is 316 g/mol. The van der Waals surface area contributed by atoms with E-state index in [1.807, 2.05) is 18.5 Å². The quantitative estimate of drug-likeness (QED) is 0.801. The van der Waals surface area contributed by atoms with Crippen molar-refractivity contribution in [3.05, 3.63) is 41.2 Å². The molecule has 25 heavy (non-hydrogen) atoms. The maximum Gasteiger partial charge on any atom is 0.255 e. The van der Waals surface area contributed by atoms with Crippen LogP contribution in [0.15, 0.2) is 24.3 Å². The lowest BCUT2D eigenvalue weighted by molar-refractivity contribution is -0.115. The molecule has 134 valence electrons. The van der Waals surface area contributed by atoms with Gasteiger partial charge in [-0.3, -0.25) is 14.3 Å². The topological polar surface area (TPSA) is 76.0 Å². The van der Waals surface area contributed by atoms with Gasteiger partial charge in [-0.05, 0) is 44.5 Å². The molecule has 1 heterocycles. The van der Waals surface area contributed by atoms with Crippen LogP contribution in [0.25, 0.3) is 0 Å². The Kier molecular flexibility index (Phi) is 6.33. The summed E-state index contributed by atoms with van der Waals surface area (Å²) in [4.78, 5) is 23.9. The summed E-state index contributed by atoms with van der Waals surface area (Å²) in [6, 6.07) is 6.86. The normalized spacial score (nSPS) is 10.6. The van der Waals surface area contributed by atoms with Gasteiger partial charge in [-0.15, -0.1) is 0 Å². The van der Waals surface area contributed by atoms with E-state index in [-0.39, 0.29) is 11.8 Å². The first-order valence-corrected chi connectivity index (χ1v) is 8.71. The van der Waals surface area contributed by atoms with E-state index in [4.69, 9.17) is 0 Å². The number of amides is 2. The molecule has 2 rings (SSSR count). The van der Waals surface area contributed by atoms with Crippen LogP contribution < -0.4 is 10.6 Å². The highest BCUT2D eigenvalue weighted by Crippen LogP contribution is 2.21. The molecule has 0 saturated carbocycles. The zero-order chi connectivity index (χ0) is 18.4. The van der Waals surface area contributed by atoms with Crippen molar-refractivity contribution in [1.82, 2.24) is 9.78 Å². The molecule has 0 atom stereocenters. The fourth-order valence-corrected chi connectivity index (χ4v) is 2.54. The van der Waals surface area contributed by atoms with Crippen molar-refractivity contribution in [1.29, 1.82) is 0 Å². The molecule has 0 saturated heterocycles. The van der Waals surface area contributed by atoms with Gasteiger partial charge in [0.2, 0.25) is 5.91 Å². The Bertz CT molecular complexity index is 748. The van der Waals surface area contributed by atoms with E-state index in [0.717, 1.165) is 36.5 Å². The molecule has 0 aliphatic carbocycles. The summed E-state index contributed by atoms with van der Waals surface area (Å²) in [5.41, 5.74) is 3.77. The van der Waals surface area contributed by atoms with Crippen molar-refractivity contribution in [2.45, 2.75) is 53.5 Å². The van der Waals surface area contributed by atoms with Crippen LogP contribution in [-0.2, 0) is 11.3 Å². The minimum atomic E-state index is -0.186. The van der Waals surface area contributed by atoms with Crippen molar-refractivity contribution in [2.24, 2.45) is 0 Å². The number of rotatable bonds is 7. The number of unbranched alkanes of at least 4 members (excludes halogenated alkanes) is 1. The van der Waals surface area contributed by atoms with Gasteiger partial charge in [-0.1, -0.05) is 20.3 Å². The lowest BCUT2D eigenvalue weighted by Gasteiger charge is -2.08. The molecular formula is C19H26N4O2. The first-order chi connectivity index (χ1) is 12.0. The Labute approximate surface area is 148 Å². The second kappa shape index (κ2) is 8.46. The van der Waals surface area contributed by atoms with Gasteiger partial charge in [-0.25, -0.2) is 0 Å². The van der Waals surface area contributed by atoms with Crippen molar-refractivity contribution < 1.29 is 9.59 Å². The van der Waals surface area contributed by atoms with Crippen LogP contribution in [0.5, 0.6) is 0 Å². The molecule has 2 amide bonds. The highest BCUT2D eigenvalue weighted by molar-refractivity contribution is 6.05. The van der Waals surface area contributed by atoms with Gasteiger partial charge < -0.3 is 10.6 Å². The van der Waals surface area contributed by atoms with Crippen LogP contribution in [-0.4, -0.2) is 21.6 Å². The highest BCUT2D eigenvalue weighted by atomic mass is 16.2. The van der Waals surface area contributed by atoms with Gasteiger partial charge in [0.05, 0.1) is 17.1 Å². The van der Waals surface area contributed by atoms with Crippen molar-refractivity contribution in [3.8, 4) is 0 Å². The molecule has 0 radical (unpaired) electrons. The van der Waals surface area contributed by atoms with Crippen molar-refractivity contribution in [2.75, 3.05) is 10.6 Å². The minimum Gasteiger partial charge on any atom is -0.326 e. The molecule has 2 N–H and O–H groups in total. The predicted molar refractivity (Wildman–Crippen MR) is 99.9 cm³/mol. The number of nitrogens with zero attached hydrogens (tertiary/aromatic N) is 2. The maximum absolute atomic E-state index is 12.5. The van der Waals surface area contributed by atoms with Gasteiger partial charge in [0.15, 0.2) is 0 Å². The monoisotopic (exact) mass is 342 g/mol. The predicted octanol–water partition coefficient (Wildman–Crippen LogP) is 3.90. The minimum absolute atomic E-state index is 0.0528. The lowest BCUT2D eigenvalue weighted by Crippen LogP contribution is -2.14. The average molecular weight is 342 g/mol. The third kappa shape index (κ3) is 4.68. The molecule has 2 aromatic rings. The zero-order valence-electron chi connectivity index (χ0n) is 15.3. The first-order valence-electron chi connectivity index (χ1n) is 8.71. The number of carbonyl (C=O) groups is 2. The third-order valence-corrected chi connectivity index (χ3v) is 4.10. The Morgan fingerprint density at radius 3 is 2.36 bits per heavy atom. The number of aryl methyl sites for hydroxylation is 2. The van der Waals surface area contributed by atoms with Crippen molar-refractivity contribution >= 4 is 23.2 Å². The Hall–Kier alpha value is -2.63. The van der Waals surface area contributed by atoms with Gasteiger partial charge in [0.1, 0.15) is 0 Å².